The van der Waals surface area contributed by atoms with Crippen LogP contribution >= 0.6 is 11.6 Å². The average Bonchev–Trinajstić information content (AvgIpc) is 2.41. The fourth-order valence-corrected chi connectivity index (χ4v) is 2.11. The van der Waals surface area contributed by atoms with Gasteiger partial charge >= 0.3 is 5.97 Å². The largest absolute Gasteiger partial charge is 0.480 e. The lowest BCUT2D eigenvalue weighted by molar-refractivity contribution is -0.147. The Hall–Kier alpha value is -1.59. The standard InChI is InChI=1S/C13H14ClNO4/c1-8-6-9(2-3-10(8)14)12(16)15-4-5-19-7-11(15)13(17)18/h2-3,6,11H,4-5,7H2,1H3,(H,17,18). The molecule has 6 heteroatoms. The topological polar surface area (TPSA) is 66.8 Å². The summed E-state index contributed by atoms with van der Waals surface area (Å²) >= 11 is 5.91. The molecule has 1 aliphatic rings. The number of rotatable bonds is 2. The van der Waals surface area contributed by atoms with Crippen LogP contribution in [0.1, 0.15) is 15.9 Å². The maximum Gasteiger partial charge on any atom is 0.328 e. The minimum absolute atomic E-state index is 0.0215. The van der Waals surface area contributed by atoms with Crippen LogP contribution in [0.25, 0.3) is 0 Å². The number of halogens is 1. The van der Waals surface area contributed by atoms with E-state index in [1.807, 2.05) is 0 Å². The summed E-state index contributed by atoms with van der Waals surface area (Å²) in [6, 6.07) is 3.98. The summed E-state index contributed by atoms with van der Waals surface area (Å²) in [6.45, 7) is 2.44. The van der Waals surface area contributed by atoms with Crippen LogP contribution < -0.4 is 0 Å². The van der Waals surface area contributed by atoms with Crippen LogP contribution in [0.4, 0.5) is 0 Å². The first-order valence-electron chi connectivity index (χ1n) is 5.88. The van der Waals surface area contributed by atoms with E-state index in [-0.39, 0.29) is 19.1 Å². The van der Waals surface area contributed by atoms with Gasteiger partial charge in [-0.3, -0.25) is 4.79 Å². The van der Waals surface area contributed by atoms with E-state index >= 15 is 0 Å². The first-order chi connectivity index (χ1) is 9.00. The summed E-state index contributed by atoms with van der Waals surface area (Å²) in [7, 11) is 0. The third-order valence-electron chi connectivity index (χ3n) is 3.08. The van der Waals surface area contributed by atoms with Gasteiger partial charge in [-0.15, -0.1) is 0 Å². The van der Waals surface area contributed by atoms with Gasteiger partial charge in [0.1, 0.15) is 0 Å². The number of carboxylic acid groups (broad SMARTS) is 1. The van der Waals surface area contributed by atoms with Gasteiger partial charge in [0.05, 0.1) is 13.2 Å². The van der Waals surface area contributed by atoms with E-state index in [2.05, 4.69) is 0 Å². The number of aryl methyl sites for hydroxylation is 1. The van der Waals surface area contributed by atoms with Crippen molar-refractivity contribution in [2.45, 2.75) is 13.0 Å². The van der Waals surface area contributed by atoms with E-state index in [1.54, 1.807) is 25.1 Å². The van der Waals surface area contributed by atoms with Gasteiger partial charge in [0.2, 0.25) is 0 Å². The maximum absolute atomic E-state index is 12.3. The highest BCUT2D eigenvalue weighted by atomic mass is 35.5. The normalized spacial score (nSPS) is 19.3. The molecule has 1 aromatic carbocycles. The molecule has 5 nitrogen and oxygen atoms in total. The fourth-order valence-electron chi connectivity index (χ4n) is 1.99. The number of ether oxygens (including phenoxy) is 1. The van der Waals surface area contributed by atoms with E-state index in [0.717, 1.165) is 5.56 Å². The molecule has 1 saturated heterocycles. The lowest BCUT2D eigenvalue weighted by Gasteiger charge is -2.33. The minimum Gasteiger partial charge on any atom is -0.480 e. The molecule has 0 spiro atoms. The minimum atomic E-state index is -1.06. The van der Waals surface area contributed by atoms with Crippen LogP contribution in [0.2, 0.25) is 5.02 Å². The van der Waals surface area contributed by atoms with Crippen LogP contribution in [-0.4, -0.2) is 47.7 Å². The van der Waals surface area contributed by atoms with E-state index in [9.17, 15) is 9.59 Å². The number of hydrogen-bond donors (Lipinski definition) is 1. The van der Waals surface area contributed by atoms with Crippen molar-refractivity contribution < 1.29 is 19.4 Å². The number of hydrogen-bond acceptors (Lipinski definition) is 3. The first kappa shape index (κ1) is 13.8. The number of benzene rings is 1. The number of morpholine rings is 1. The Morgan fingerprint density at radius 3 is 2.84 bits per heavy atom. The molecule has 0 radical (unpaired) electrons. The highest BCUT2D eigenvalue weighted by Crippen LogP contribution is 2.19. The van der Waals surface area contributed by atoms with Crippen molar-refractivity contribution in [3.8, 4) is 0 Å². The molecule has 102 valence electrons. The predicted octanol–water partition coefficient (Wildman–Crippen LogP) is 1.57. The molecular formula is C13H14ClNO4. The van der Waals surface area contributed by atoms with Crippen molar-refractivity contribution in [2.24, 2.45) is 0 Å². The molecule has 1 heterocycles. The Morgan fingerprint density at radius 1 is 1.47 bits per heavy atom. The molecule has 1 amide bonds. The molecular weight excluding hydrogens is 270 g/mol. The summed E-state index contributed by atoms with van der Waals surface area (Å²) in [6.07, 6.45) is 0. The highest BCUT2D eigenvalue weighted by Gasteiger charge is 2.33. The van der Waals surface area contributed by atoms with Crippen LogP contribution in [-0.2, 0) is 9.53 Å². The quantitative estimate of drug-likeness (QED) is 0.895. The number of carbonyl (C=O) groups is 2. The average molecular weight is 284 g/mol. The number of amides is 1. The van der Waals surface area contributed by atoms with Gasteiger partial charge in [0.15, 0.2) is 6.04 Å². The zero-order valence-electron chi connectivity index (χ0n) is 10.4. The second-order valence-corrected chi connectivity index (χ2v) is 4.80. The fraction of sp³-hybridized carbons (Fsp3) is 0.385. The van der Waals surface area contributed by atoms with Gasteiger partial charge < -0.3 is 14.7 Å². The van der Waals surface area contributed by atoms with Gasteiger partial charge in [-0.2, -0.15) is 0 Å². The molecule has 2 rings (SSSR count). The van der Waals surface area contributed by atoms with Crippen LogP contribution in [0.3, 0.4) is 0 Å². The van der Waals surface area contributed by atoms with Crippen LogP contribution in [0, 0.1) is 6.92 Å². The molecule has 19 heavy (non-hydrogen) atoms. The Bertz CT molecular complexity index is 517. The van der Waals surface area contributed by atoms with Crippen molar-refractivity contribution >= 4 is 23.5 Å². The Labute approximate surface area is 115 Å². The number of nitrogens with zero attached hydrogens (tertiary/aromatic N) is 1. The molecule has 1 aliphatic heterocycles. The van der Waals surface area contributed by atoms with Crippen molar-refractivity contribution in [3.63, 3.8) is 0 Å². The maximum atomic E-state index is 12.3. The SMILES string of the molecule is Cc1cc(C(=O)N2CCOCC2C(=O)O)ccc1Cl. The van der Waals surface area contributed by atoms with E-state index in [0.29, 0.717) is 17.2 Å². The van der Waals surface area contributed by atoms with Gasteiger partial charge in [0.25, 0.3) is 5.91 Å². The summed E-state index contributed by atoms with van der Waals surface area (Å²) < 4.78 is 5.11. The van der Waals surface area contributed by atoms with Gasteiger partial charge in [-0.05, 0) is 30.7 Å². The molecule has 1 unspecified atom stereocenters. The van der Waals surface area contributed by atoms with E-state index in [4.69, 9.17) is 21.4 Å². The van der Waals surface area contributed by atoms with E-state index in [1.165, 1.54) is 4.90 Å². The van der Waals surface area contributed by atoms with Crippen molar-refractivity contribution in [3.05, 3.63) is 34.3 Å². The number of carbonyl (C=O) groups excluding carboxylic acids is 1. The number of aliphatic carboxylic acids is 1. The Morgan fingerprint density at radius 2 is 2.21 bits per heavy atom. The smallest absolute Gasteiger partial charge is 0.328 e. The zero-order chi connectivity index (χ0) is 14.0. The lowest BCUT2D eigenvalue weighted by atomic mass is 10.1. The van der Waals surface area contributed by atoms with Crippen LogP contribution in [0.15, 0.2) is 18.2 Å². The molecule has 0 aromatic heterocycles. The third-order valence-corrected chi connectivity index (χ3v) is 3.50. The van der Waals surface area contributed by atoms with E-state index < -0.39 is 12.0 Å². The monoisotopic (exact) mass is 283 g/mol. The predicted molar refractivity (Wildman–Crippen MR) is 69.5 cm³/mol. The molecule has 1 N–H and O–H groups in total. The summed E-state index contributed by atoms with van der Waals surface area (Å²) in [5.74, 6) is -1.37. The number of carboxylic acids is 1. The van der Waals surface area contributed by atoms with Gasteiger partial charge in [-0.1, -0.05) is 11.6 Å². The molecule has 1 atom stereocenters. The van der Waals surface area contributed by atoms with Gasteiger partial charge in [0, 0.05) is 17.1 Å². The summed E-state index contributed by atoms with van der Waals surface area (Å²) in [4.78, 5) is 24.8. The second-order valence-electron chi connectivity index (χ2n) is 4.39. The summed E-state index contributed by atoms with van der Waals surface area (Å²) in [5.41, 5.74) is 1.22. The zero-order valence-corrected chi connectivity index (χ0v) is 11.2. The Balaban J connectivity index is 2.26. The molecule has 1 aromatic rings. The lowest BCUT2D eigenvalue weighted by Crippen LogP contribution is -2.52. The molecule has 0 saturated carbocycles. The van der Waals surface area contributed by atoms with Crippen molar-refractivity contribution in [1.29, 1.82) is 0 Å². The first-order valence-corrected chi connectivity index (χ1v) is 6.26. The highest BCUT2D eigenvalue weighted by molar-refractivity contribution is 6.31. The van der Waals surface area contributed by atoms with Crippen molar-refractivity contribution in [2.75, 3.05) is 19.8 Å². The van der Waals surface area contributed by atoms with Gasteiger partial charge in [-0.25, -0.2) is 4.79 Å². The molecule has 0 aliphatic carbocycles. The third kappa shape index (κ3) is 2.88. The second kappa shape index (κ2) is 5.59. The van der Waals surface area contributed by atoms with Crippen LogP contribution in [0.5, 0.6) is 0 Å². The van der Waals surface area contributed by atoms with Crippen molar-refractivity contribution in [1.82, 2.24) is 4.90 Å². The summed E-state index contributed by atoms with van der Waals surface area (Å²) in [5, 5.41) is 9.69. The Kier molecular flexibility index (Phi) is 4.07. The molecule has 0 bridgehead atoms. The molecule has 1 fully saturated rings.